The largest absolute Gasteiger partial charge is 0.495 e. The Bertz CT molecular complexity index is 81.0. The molecular formula is C7H15NO. The van der Waals surface area contributed by atoms with Gasteiger partial charge in [0.25, 0.3) is 0 Å². The lowest BCUT2D eigenvalue weighted by Gasteiger charge is -2.00. The molecule has 0 radical (unpaired) electrons. The van der Waals surface area contributed by atoms with Gasteiger partial charge in [0.2, 0.25) is 0 Å². The van der Waals surface area contributed by atoms with E-state index < -0.39 is 0 Å². The number of hydrogen-bond donors (Lipinski definition) is 2. The smallest absolute Gasteiger partial charge is 0.176 e. The van der Waals surface area contributed by atoms with Crippen molar-refractivity contribution in [2.45, 2.75) is 26.2 Å². The molecule has 0 saturated carbocycles. The van der Waals surface area contributed by atoms with E-state index in [9.17, 15) is 0 Å². The van der Waals surface area contributed by atoms with E-state index in [0.29, 0.717) is 0 Å². The van der Waals surface area contributed by atoms with Crippen LogP contribution in [0.4, 0.5) is 0 Å². The van der Waals surface area contributed by atoms with Crippen LogP contribution in [-0.2, 0) is 0 Å². The van der Waals surface area contributed by atoms with E-state index in [1.165, 1.54) is 12.8 Å². The highest BCUT2D eigenvalue weighted by Gasteiger charge is 1.85. The Kier molecular flexibility index (Phi) is 5.07. The molecule has 0 aromatic carbocycles. The number of aliphatic hydroxyl groups is 1. The average molecular weight is 129 g/mol. The van der Waals surface area contributed by atoms with Crippen LogP contribution in [0.25, 0.3) is 0 Å². The van der Waals surface area contributed by atoms with Crippen molar-refractivity contribution in [1.82, 2.24) is 5.32 Å². The van der Waals surface area contributed by atoms with E-state index in [4.69, 9.17) is 5.11 Å². The monoisotopic (exact) mass is 129 g/mol. The molecule has 0 saturated heterocycles. The summed E-state index contributed by atoms with van der Waals surface area (Å²) in [6.07, 6.45) is 3.52. The highest BCUT2D eigenvalue weighted by molar-refractivity contribution is 4.73. The zero-order chi connectivity index (χ0) is 7.11. The maximum atomic E-state index is 8.55. The molecular weight excluding hydrogens is 114 g/mol. The highest BCUT2D eigenvalue weighted by atomic mass is 16.3. The summed E-state index contributed by atoms with van der Waals surface area (Å²) in [6, 6.07) is 0. The lowest BCUT2D eigenvalue weighted by molar-refractivity contribution is 0.365. The van der Waals surface area contributed by atoms with Crippen LogP contribution < -0.4 is 5.32 Å². The van der Waals surface area contributed by atoms with Crippen LogP contribution in [0.5, 0.6) is 0 Å². The molecule has 0 fully saturated rings. The number of hydrogen-bond acceptors (Lipinski definition) is 2. The third kappa shape index (κ3) is 7.34. The fourth-order valence-electron chi connectivity index (χ4n) is 0.608. The summed E-state index contributed by atoms with van der Waals surface area (Å²) >= 11 is 0. The topological polar surface area (TPSA) is 32.3 Å². The molecule has 0 bridgehead atoms. The first kappa shape index (κ1) is 8.34. The van der Waals surface area contributed by atoms with Gasteiger partial charge in [-0.2, -0.15) is 0 Å². The lowest BCUT2D eigenvalue weighted by atomic mass is 10.2. The van der Waals surface area contributed by atoms with Crippen LogP contribution in [0.3, 0.4) is 0 Å². The minimum absolute atomic E-state index is 0.0751. The van der Waals surface area contributed by atoms with Gasteiger partial charge in [0.1, 0.15) is 0 Å². The maximum Gasteiger partial charge on any atom is 0.176 e. The summed E-state index contributed by atoms with van der Waals surface area (Å²) in [5, 5.41) is 11.3. The van der Waals surface area contributed by atoms with Gasteiger partial charge in [-0.3, -0.25) is 0 Å². The summed E-state index contributed by atoms with van der Waals surface area (Å²) in [5.41, 5.74) is 0. The van der Waals surface area contributed by atoms with Crippen LogP contribution in [0.1, 0.15) is 26.2 Å². The summed E-state index contributed by atoms with van der Waals surface area (Å²) in [7, 11) is 0. The molecule has 0 atom stereocenters. The Hall–Kier alpha value is -0.660. The standard InChI is InChI=1S/C7H15NO/c1-3-4-5-6-8-7(2)9/h8-9H,2-6H2,1H3. The molecule has 0 amide bonds. The Morgan fingerprint density at radius 1 is 1.56 bits per heavy atom. The highest BCUT2D eigenvalue weighted by Crippen LogP contribution is 1.91. The summed E-state index contributed by atoms with van der Waals surface area (Å²) in [6.45, 7) is 6.28. The predicted octanol–water partition coefficient (Wildman–Crippen LogP) is 1.80. The molecule has 0 aromatic heterocycles. The average Bonchev–Trinajstić information content (AvgIpc) is 1.80. The van der Waals surface area contributed by atoms with E-state index in [1.54, 1.807) is 0 Å². The Balaban J connectivity index is 2.83. The molecule has 0 aromatic rings. The van der Waals surface area contributed by atoms with Crippen molar-refractivity contribution in [2.75, 3.05) is 6.54 Å². The van der Waals surface area contributed by atoms with Crippen LogP contribution >= 0.6 is 0 Å². The molecule has 0 aliphatic carbocycles. The summed E-state index contributed by atoms with van der Waals surface area (Å²) in [4.78, 5) is 0. The fraction of sp³-hybridized carbons (Fsp3) is 0.714. The Labute approximate surface area is 56.6 Å². The van der Waals surface area contributed by atoms with Crippen molar-refractivity contribution in [2.24, 2.45) is 0 Å². The van der Waals surface area contributed by atoms with E-state index in [1.807, 2.05) is 0 Å². The summed E-state index contributed by atoms with van der Waals surface area (Å²) < 4.78 is 0. The van der Waals surface area contributed by atoms with Crippen molar-refractivity contribution in [3.63, 3.8) is 0 Å². The van der Waals surface area contributed by atoms with Gasteiger partial charge in [-0.15, -0.1) is 0 Å². The maximum absolute atomic E-state index is 8.55. The zero-order valence-corrected chi connectivity index (χ0v) is 5.98. The molecule has 2 nitrogen and oxygen atoms in total. The van der Waals surface area contributed by atoms with E-state index in [-0.39, 0.29) is 5.88 Å². The molecule has 9 heavy (non-hydrogen) atoms. The molecule has 0 aliphatic heterocycles. The lowest BCUT2D eigenvalue weighted by Crippen LogP contribution is -2.12. The van der Waals surface area contributed by atoms with Gasteiger partial charge in [-0.05, 0) is 13.0 Å². The molecule has 0 spiro atoms. The normalized spacial score (nSPS) is 9.00. The Morgan fingerprint density at radius 3 is 2.67 bits per heavy atom. The second-order valence-electron chi connectivity index (χ2n) is 2.08. The second-order valence-corrected chi connectivity index (χ2v) is 2.08. The molecule has 0 rings (SSSR count). The van der Waals surface area contributed by atoms with Crippen LogP contribution in [0.15, 0.2) is 12.5 Å². The van der Waals surface area contributed by atoms with Gasteiger partial charge in [-0.25, -0.2) is 0 Å². The van der Waals surface area contributed by atoms with Crippen molar-refractivity contribution in [3.8, 4) is 0 Å². The second kappa shape index (κ2) is 5.48. The van der Waals surface area contributed by atoms with Crippen molar-refractivity contribution >= 4 is 0 Å². The number of nitrogens with one attached hydrogen (secondary N) is 1. The molecule has 54 valence electrons. The minimum atomic E-state index is 0.0751. The molecule has 2 N–H and O–H groups in total. The van der Waals surface area contributed by atoms with Crippen molar-refractivity contribution in [3.05, 3.63) is 12.5 Å². The van der Waals surface area contributed by atoms with Gasteiger partial charge < -0.3 is 10.4 Å². The van der Waals surface area contributed by atoms with Gasteiger partial charge in [0.15, 0.2) is 5.88 Å². The van der Waals surface area contributed by atoms with Crippen molar-refractivity contribution in [1.29, 1.82) is 0 Å². The zero-order valence-electron chi connectivity index (χ0n) is 5.98. The number of rotatable bonds is 5. The number of unbranched alkanes of at least 4 members (excludes halogenated alkanes) is 2. The first-order valence-corrected chi connectivity index (χ1v) is 3.39. The number of aliphatic hydroxyl groups excluding tert-OH is 1. The minimum Gasteiger partial charge on any atom is -0.495 e. The Morgan fingerprint density at radius 2 is 2.22 bits per heavy atom. The van der Waals surface area contributed by atoms with Crippen LogP contribution in [0.2, 0.25) is 0 Å². The van der Waals surface area contributed by atoms with E-state index in [2.05, 4.69) is 18.8 Å². The third-order valence-corrected chi connectivity index (χ3v) is 1.11. The molecule has 0 heterocycles. The summed E-state index contributed by atoms with van der Waals surface area (Å²) in [5.74, 6) is 0.0751. The van der Waals surface area contributed by atoms with Gasteiger partial charge in [-0.1, -0.05) is 19.8 Å². The molecule has 2 heteroatoms. The molecule has 0 aliphatic rings. The fourth-order valence-corrected chi connectivity index (χ4v) is 0.608. The van der Waals surface area contributed by atoms with Crippen LogP contribution in [-0.4, -0.2) is 11.7 Å². The quantitative estimate of drug-likeness (QED) is 0.438. The third-order valence-electron chi connectivity index (χ3n) is 1.11. The molecule has 0 unspecified atom stereocenters. The predicted molar refractivity (Wildman–Crippen MR) is 39.3 cm³/mol. The van der Waals surface area contributed by atoms with Gasteiger partial charge in [0.05, 0.1) is 0 Å². The van der Waals surface area contributed by atoms with E-state index >= 15 is 0 Å². The SMILES string of the molecule is C=C(O)NCCCCC. The van der Waals surface area contributed by atoms with Gasteiger partial charge in [0, 0.05) is 6.54 Å². The first-order chi connectivity index (χ1) is 4.27. The van der Waals surface area contributed by atoms with Crippen LogP contribution in [0, 0.1) is 0 Å². The first-order valence-electron chi connectivity index (χ1n) is 3.39. The van der Waals surface area contributed by atoms with Gasteiger partial charge >= 0.3 is 0 Å². The van der Waals surface area contributed by atoms with E-state index in [0.717, 1.165) is 13.0 Å². The van der Waals surface area contributed by atoms with Crippen molar-refractivity contribution < 1.29 is 5.11 Å².